The van der Waals surface area contributed by atoms with Gasteiger partial charge in [0.1, 0.15) is 5.02 Å². The summed E-state index contributed by atoms with van der Waals surface area (Å²) in [7, 11) is 0. The molecule has 1 amide bonds. The smallest absolute Gasteiger partial charge is 0.292 e. The van der Waals surface area contributed by atoms with Crippen molar-refractivity contribution in [1.82, 2.24) is 14.7 Å². The number of rotatable bonds is 4. The number of benzene rings is 1. The minimum absolute atomic E-state index is 0.0143. The van der Waals surface area contributed by atoms with E-state index in [0.29, 0.717) is 37.6 Å². The Morgan fingerprint density at radius 2 is 1.86 bits per heavy atom. The van der Waals surface area contributed by atoms with Gasteiger partial charge in [-0.2, -0.15) is 21.1 Å². The molecule has 1 aromatic carbocycles. The maximum absolute atomic E-state index is 12.7. The van der Waals surface area contributed by atoms with Crippen molar-refractivity contribution in [2.75, 3.05) is 31.1 Å². The Bertz CT molecular complexity index is 1070. The molecule has 148 valence electrons. The third kappa shape index (κ3) is 4.26. The summed E-state index contributed by atoms with van der Waals surface area (Å²) in [5.74, 6) is -0.0143. The van der Waals surface area contributed by atoms with E-state index in [1.165, 1.54) is 4.68 Å². The highest BCUT2D eigenvalue weighted by Crippen LogP contribution is 2.23. The molecule has 0 aliphatic carbocycles. The van der Waals surface area contributed by atoms with Crippen LogP contribution in [0.2, 0.25) is 5.02 Å². The van der Waals surface area contributed by atoms with Gasteiger partial charge in [0.15, 0.2) is 0 Å². The van der Waals surface area contributed by atoms with E-state index in [1.54, 1.807) is 40.6 Å². The van der Waals surface area contributed by atoms with Crippen molar-refractivity contribution >= 4 is 40.6 Å². The summed E-state index contributed by atoms with van der Waals surface area (Å²) in [6.07, 6.45) is 5.05. The first-order valence-electron chi connectivity index (χ1n) is 9.21. The van der Waals surface area contributed by atoms with Crippen LogP contribution in [0.5, 0.6) is 0 Å². The summed E-state index contributed by atoms with van der Waals surface area (Å²) < 4.78 is 1.29. The van der Waals surface area contributed by atoms with Gasteiger partial charge in [0.25, 0.3) is 5.56 Å². The van der Waals surface area contributed by atoms with Gasteiger partial charge in [-0.3, -0.25) is 9.59 Å². The Kier molecular flexibility index (Phi) is 5.78. The first-order valence-corrected chi connectivity index (χ1v) is 10.5. The number of thiophene rings is 1. The fourth-order valence-corrected chi connectivity index (χ4v) is 4.09. The molecule has 0 spiro atoms. The van der Waals surface area contributed by atoms with Crippen LogP contribution in [0.3, 0.4) is 0 Å². The number of aromatic nitrogens is 2. The summed E-state index contributed by atoms with van der Waals surface area (Å²) in [5.41, 5.74) is 1.94. The molecule has 3 aromatic rings. The lowest BCUT2D eigenvalue weighted by Crippen LogP contribution is -2.48. The van der Waals surface area contributed by atoms with Crippen LogP contribution in [-0.4, -0.2) is 46.8 Å². The van der Waals surface area contributed by atoms with Gasteiger partial charge in [-0.15, -0.1) is 0 Å². The molecule has 0 saturated carbocycles. The molecule has 8 heteroatoms. The number of nitrogens with zero attached hydrogens (tertiary/aromatic N) is 4. The van der Waals surface area contributed by atoms with Crippen LogP contribution in [-0.2, 0) is 4.79 Å². The Balaban J connectivity index is 1.44. The number of para-hydroxylation sites is 1. The Hall–Kier alpha value is -2.90. The minimum atomic E-state index is -0.354. The van der Waals surface area contributed by atoms with Gasteiger partial charge in [0.05, 0.1) is 17.6 Å². The zero-order valence-electron chi connectivity index (χ0n) is 15.6. The third-order valence-corrected chi connectivity index (χ3v) is 5.85. The van der Waals surface area contributed by atoms with E-state index >= 15 is 0 Å². The molecular weight excluding hydrogens is 408 g/mol. The molecule has 1 fully saturated rings. The molecule has 1 aliphatic rings. The van der Waals surface area contributed by atoms with Crippen molar-refractivity contribution in [2.24, 2.45) is 0 Å². The topological polar surface area (TPSA) is 58.4 Å². The van der Waals surface area contributed by atoms with Crippen LogP contribution >= 0.6 is 22.9 Å². The van der Waals surface area contributed by atoms with Crippen molar-refractivity contribution < 1.29 is 4.79 Å². The number of carbonyl (C=O) groups is 1. The summed E-state index contributed by atoms with van der Waals surface area (Å²) in [4.78, 5) is 28.9. The lowest BCUT2D eigenvalue weighted by molar-refractivity contribution is -0.126. The summed E-state index contributed by atoms with van der Waals surface area (Å²) >= 11 is 7.98. The predicted molar refractivity (Wildman–Crippen MR) is 117 cm³/mol. The second-order valence-electron chi connectivity index (χ2n) is 6.60. The van der Waals surface area contributed by atoms with E-state index in [9.17, 15) is 9.59 Å². The Labute approximate surface area is 177 Å². The molecule has 29 heavy (non-hydrogen) atoms. The lowest BCUT2D eigenvalue weighted by Gasteiger charge is -2.35. The van der Waals surface area contributed by atoms with Crippen molar-refractivity contribution in [3.05, 3.63) is 80.4 Å². The highest BCUT2D eigenvalue weighted by Gasteiger charge is 2.23. The number of amides is 1. The molecule has 0 N–H and O–H groups in total. The fraction of sp³-hybridized carbons (Fsp3) is 0.190. The zero-order valence-corrected chi connectivity index (χ0v) is 17.1. The maximum Gasteiger partial charge on any atom is 0.292 e. The van der Waals surface area contributed by atoms with E-state index in [0.717, 1.165) is 5.56 Å². The Morgan fingerprint density at radius 3 is 2.55 bits per heavy atom. The predicted octanol–water partition coefficient (Wildman–Crippen LogP) is 3.31. The van der Waals surface area contributed by atoms with E-state index < -0.39 is 0 Å². The first-order chi connectivity index (χ1) is 14.1. The highest BCUT2D eigenvalue weighted by molar-refractivity contribution is 7.08. The minimum Gasteiger partial charge on any atom is -0.365 e. The molecule has 0 radical (unpaired) electrons. The van der Waals surface area contributed by atoms with Gasteiger partial charge in [-0.1, -0.05) is 29.8 Å². The fourth-order valence-electron chi connectivity index (χ4n) is 3.21. The van der Waals surface area contributed by atoms with Gasteiger partial charge in [0.2, 0.25) is 5.91 Å². The zero-order chi connectivity index (χ0) is 20.2. The maximum atomic E-state index is 12.7. The van der Waals surface area contributed by atoms with Gasteiger partial charge in [-0.05, 0) is 40.6 Å². The lowest BCUT2D eigenvalue weighted by atomic mass is 10.2. The van der Waals surface area contributed by atoms with Crippen LogP contribution in [0, 0.1) is 0 Å². The molecule has 0 unspecified atom stereocenters. The quantitative estimate of drug-likeness (QED) is 0.600. The van der Waals surface area contributed by atoms with Crippen molar-refractivity contribution in [1.29, 1.82) is 0 Å². The summed E-state index contributed by atoms with van der Waals surface area (Å²) in [5, 5.41) is 8.40. The summed E-state index contributed by atoms with van der Waals surface area (Å²) in [6.45, 7) is 2.30. The molecular formula is C21H19ClN4O2S. The second kappa shape index (κ2) is 8.63. The number of hydrogen-bond acceptors (Lipinski definition) is 5. The van der Waals surface area contributed by atoms with Crippen molar-refractivity contribution in [2.45, 2.75) is 0 Å². The van der Waals surface area contributed by atoms with Crippen LogP contribution in [0.25, 0.3) is 11.8 Å². The largest absolute Gasteiger partial charge is 0.365 e. The van der Waals surface area contributed by atoms with E-state index in [2.05, 4.69) is 5.10 Å². The van der Waals surface area contributed by atoms with Crippen LogP contribution in [0.1, 0.15) is 5.56 Å². The number of piperazine rings is 1. The van der Waals surface area contributed by atoms with Gasteiger partial charge in [-0.25, -0.2) is 0 Å². The van der Waals surface area contributed by atoms with Gasteiger partial charge in [0, 0.05) is 32.3 Å². The molecule has 1 aliphatic heterocycles. The average molecular weight is 427 g/mol. The number of anilines is 1. The molecule has 2 aromatic heterocycles. The van der Waals surface area contributed by atoms with Crippen molar-refractivity contribution in [3.8, 4) is 5.69 Å². The SMILES string of the molecule is O=C(/C=C/c1ccsc1)N1CCN(c2cnn(-c3ccccc3)c(=O)c2Cl)CC1. The molecule has 1 saturated heterocycles. The van der Waals surface area contributed by atoms with Crippen LogP contribution in [0.4, 0.5) is 5.69 Å². The van der Waals surface area contributed by atoms with E-state index in [-0.39, 0.29) is 16.5 Å². The molecule has 0 bridgehead atoms. The standard InChI is InChI=1S/C21H19ClN4O2S/c22-20-18(14-23-26(21(20)28)17-4-2-1-3-5-17)24-9-11-25(12-10-24)19(27)7-6-16-8-13-29-15-16/h1-8,13-15H,9-12H2/b7-6+. The monoisotopic (exact) mass is 426 g/mol. The second-order valence-corrected chi connectivity index (χ2v) is 7.76. The summed E-state index contributed by atoms with van der Waals surface area (Å²) in [6, 6.07) is 11.1. The van der Waals surface area contributed by atoms with Crippen molar-refractivity contribution in [3.63, 3.8) is 0 Å². The number of halogens is 1. The molecule has 0 atom stereocenters. The highest BCUT2D eigenvalue weighted by atomic mass is 35.5. The Morgan fingerprint density at radius 1 is 1.10 bits per heavy atom. The number of hydrogen-bond donors (Lipinski definition) is 0. The molecule has 3 heterocycles. The molecule has 4 rings (SSSR count). The van der Waals surface area contributed by atoms with Crippen LogP contribution in [0.15, 0.2) is 64.2 Å². The number of carbonyl (C=O) groups excluding carboxylic acids is 1. The average Bonchev–Trinajstić information content (AvgIpc) is 3.28. The normalized spacial score (nSPS) is 14.5. The van der Waals surface area contributed by atoms with Crippen LogP contribution < -0.4 is 10.5 Å². The third-order valence-electron chi connectivity index (χ3n) is 4.79. The van der Waals surface area contributed by atoms with E-state index in [4.69, 9.17) is 11.6 Å². The van der Waals surface area contributed by atoms with Gasteiger partial charge >= 0.3 is 0 Å². The molecule has 6 nitrogen and oxygen atoms in total. The van der Waals surface area contributed by atoms with E-state index in [1.807, 2.05) is 46.0 Å². The van der Waals surface area contributed by atoms with Gasteiger partial charge < -0.3 is 9.80 Å². The first kappa shape index (κ1) is 19.4.